The largest absolute Gasteiger partial charge is 0.375 e. The molecule has 2 rings (SSSR count). The Labute approximate surface area is 115 Å². The van der Waals surface area contributed by atoms with E-state index in [1.807, 2.05) is 19.2 Å². The maximum Gasteiger partial charge on any atom is 0.126 e. The summed E-state index contributed by atoms with van der Waals surface area (Å²) in [5, 5.41) is 3.21. The first kappa shape index (κ1) is 14.5. The molecule has 0 aliphatic carbocycles. The van der Waals surface area contributed by atoms with Gasteiger partial charge in [0.05, 0.1) is 12.2 Å². The van der Waals surface area contributed by atoms with Crippen molar-refractivity contribution in [2.45, 2.75) is 44.8 Å². The molecule has 0 aromatic heterocycles. The van der Waals surface area contributed by atoms with Crippen LogP contribution in [0.5, 0.6) is 0 Å². The van der Waals surface area contributed by atoms with Gasteiger partial charge >= 0.3 is 0 Å². The number of rotatable bonds is 6. The van der Waals surface area contributed by atoms with Crippen molar-refractivity contribution in [3.05, 3.63) is 35.6 Å². The molecule has 1 aliphatic rings. The average molecular weight is 265 g/mol. The van der Waals surface area contributed by atoms with E-state index in [-0.39, 0.29) is 5.82 Å². The van der Waals surface area contributed by atoms with Gasteiger partial charge in [-0.25, -0.2) is 4.39 Å². The summed E-state index contributed by atoms with van der Waals surface area (Å²) in [7, 11) is 1.95. The zero-order valence-electron chi connectivity index (χ0n) is 11.9. The average Bonchev–Trinajstić information content (AvgIpc) is 2.78. The second-order valence-electron chi connectivity index (χ2n) is 5.60. The smallest absolute Gasteiger partial charge is 0.126 e. The summed E-state index contributed by atoms with van der Waals surface area (Å²) in [6.07, 6.45) is 4.81. The van der Waals surface area contributed by atoms with E-state index < -0.39 is 0 Å². The predicted molar refractivity (Wildman–Crippen MR) is 75.7 cm³/mol. The van der Waals surface area contributed by atoms with E-state index in [1.165, 1.54) is 0 Å². The molecule has 1 aromatic rings. The molecule has 19 heavy (non-hydrogen) atoms. The van der Waals surface area contributed by atoms with Gasteiger partial charge in [0, 0.05) is 0 Å². The third-order valence-corrected chi connectivity index (χ3v) is 3.88. The lowest BCUT2D eigenvalue weighted by Crippen LogP contribution is -2.25. The van der Waals surface area contributed by atoms with Crippen molar-refractivity contribution in [3.8, 4) is 0 Å². The molecule has 3 atom stereocenters. The molecule has 1 saturated heterocycles. The molecule has 0 amide bonds. The lowest BCUT2D eigenvalue weighted by atomic mass is 9.92. The van der Waals surface area contributed by atoms with E-state index in [1.54, 1.807) is 12.1 Å². The van der Waals surface area contributed by atoms with Crippen molar-refractivity contribution in [3.63, 3.8) is 0 Å². The summed E-state index contributed by atoms with van der Waals surface area (Å²) in [6.45, 7) is 3.03. The number of hydrogen-bond donors (Lipinski definition) is 1. The van der Waals surface area contributed by atoms with E-state index >= 15 is 0 Å². The Morgan fingerprint density at radius 2 is 2.16 bits per heavy atom. The Morgan fingerprint density at radius 1 is 1.37 bits per heavy atom. The van der Waals surface area contributed by atoms with E-state index in [4.69, 9.17) is 4.74 Å². The summed E-state index contributed by atoms with van der Waals surface area (Å²) < 4.78 is 19.6. The van der Waals surface area contributed by atoms with Crippen LogP contribution in [0, 0.1) is 11.7 Å². The molecule has 3 unspecified atom stereocenters. The van der Waals surface area contributed by atoms with E-state index in [0.29, 0.717) is 18.1 Å². The minimum Gasteiger partial charge on any atom is -0.375 e. The third-order valence-electron chi connectivity index (χ3n) is 3.88. The van der Waals surface area contributed by atoms with Crippen LogP contribution in [-0.2, 0) is 11.2 Å². The van der Waals surface area contributed by atoms with Crippen molar-refractivity contribution in [2.24, 2.45) is 5.92 Å². The first-order valence-electron chi connectivity index (χ1n) is 7.22. The summed E-state index contributed by atoms with van der Waals surface area (Å²) in [6, 6.07) is 7.08. The van der Waals surface area contributed by atoms with Crippen LogP contribution in [0.25, 0.3) is 0 Å². The number of halogens is 1. The predicted octanol–water partition coefficient (Wildman–Crippen LogP) is 3.16. The van der Waals surface area contributed by atoms with Gasteiger partial charge in [-0.15, -0.1) is 0 Å². The highest BCUT2D eigenvalue weighted by Gasteiger charge is 2.25. The van der Waals surface area contributed by atoms with Crippen LogP contribution in [-0.4, -0.2) is 25.8 Å². The fourth-order valence-electron chi connectivity index (χ4n) is 2.93. The number of nitrogens with one attached hydrogen (secondary N) is 1. The lowest BCUT2D eigenvalue weighted by Gasteiger charge is -2.21. The molecule has 2 nitrogen and oxygen atoms in total. The number of hydrogen-bond acceptors (Lipinski definition) is 2. The summed E-state index contributed by atoms with van der Waals surface area (Å²) in [4.78, 5) is 0. The molecule has 1 fully saturated rings. The second-order valence-corrected chi connectivity index (χ2v) is 5.60. The van der Waals surface area contributed by atoms with Crippen LogP contribution >= 0.6 is 0 Å². The fraction of sp³-hybridized carbons (Fsp3) is 0.625. The van der Waals surface area contributed by atoms with Gasteiger partial charge in [0.2, 0.25) is 0 Å². The Morgan fingerprint density at radius 3 is 2.79 bits per heavy atom. The zero-order valence-corrected chi connectivity index (χ0v) is 11.9. The van der Waals surface area contributed by atoms with Gasteiger partial charge in [-0.2, -0.15) is 0 Å². The van der Waals surface area contributed by atoms with Gasteiger partial charge in [-0.3, -0.25) is 0 Å². The molecule has 0 radical (unpaired) electrons. The number of benzene rings is 1. The van der Waals surface area contributed by atoms with E-state index in [0.717, 1.165) is 37.8 Å². The molecule has 0 spiro atoms. The molecule has 0 bridgehead atoms. The van der Waals surface area contributed by atoms with Gasteiger partial charge in [-0.05, 0) is 63.7 Å². The first-order chi connectivity index (χ1) is 9.19. The Bertz CT molecular complexity index is 396. The van der Waals surface area contributed by atoms with Crippen LogP contribution < -0.4 is 5.32 Å². The van der Waals surface area contributed by atoms with Gasteiger partial charge < -0.3 is 10.1 Å². The lowest BCUT2D eigenvalue weighted by molar-refractivity contribution is 0.0409. The molecule has 1 aromatic carbocycles. The fourth-order valence-corrected chi connectivity index (χ4v) is 2.93. The van der Waals surface area contributed by atoms with E-state index in [2.05, 4.69) is 12.2 Å². The van der Waals surface area contributed by atoms with Gasteiger partial charge in [0.25, 0.3) is 0 Å². The van der Waals surface area contributed by atoms with Crippen LogP contribution in [0.15, 0.2) is 24.3 Å². The Balaban J connectivity index is 1.94. The van der Waals surface area contributed by atoms with Crippen molar-refractivity contribution in [1.82, 2.24) is 5.32 Å². The van der Waals surface area contributed by atoms with Gasteiger partial charge in [0.1, 0.15) is 5.82 Å². The highest BCUT2D eigenvalue weighted by Crippen LogP contribution is 2.26. The van der Waals surface area contributed by atoms with Crippen molar-refractivity contribution in [2.75, 3.05) is 13.6 Å². The molecule has 106 valence electrons. The normalized spacial score (nSPS) is 24.6. The maximum absolute atomic E-state index is 13.7. The molecule has 3 heteroatoms. The van der Waals surface area contributed by atoms with Gasteiger partial charge in [-0.1, -0.05) is 18.2 Å². The van der Waals surface area contributed by atoms with Crippen LogP contribution in [0.4, 0.5) is 4.39 Å². The maximum atomic E-state index is 13.7. The molecule has 1 heterocycles. The summed E-state index contributed by atoms with van der Waals surface area (Å²) in [5.74, 6) is 0.335. The Kier molecular flexibility index (Phi) is 5.34. The van der Waals surface area contributed by atoms with E-state index in [9.17, 15) is 4.39 Å². The summed E-state index contributed by atoms with van der Waals surface area (Å²) >= 11 is 0. The van der Waals surface area contributed by atoms with Crippen molar-refractivity contribution >= 4 is 0 Å². The molecular formula is C16H24FNO. The highest BCUT2D eigenvalue weighted by molar-refractivity contribution is 5.18. The monoisotopic (exact) mass is 265 g/mol. The van der Waals surface area contributed by atoms with Crippen LogP contribution in [0.2, 0.25) is 0 Å². The second kappa shape index (κ2) is 7.01. The van der Waals surface area contributed by atoms with Crippen molar-refractivity contribution < 1.29 is 9.13 Å². The quantitative estimate of drug-likeness (QED) is 0.853. The molecular weight excluding hydrogens is 241 g/mol. The topological polar surface area (TPSA) is 21.3 Å². The highest BCUT2D eigenvalue weighted by atomic mass is 19.1. The van der Waals surface area contributed by atoms with Crippen LogP contribution in [0.3, 0.4) is 0 Å². The molecule has 1 N–H and O–H groups in total. The third kappa shape index (κ3) is 4.29. The first-order valence-corrected chi connectivity index (χ1v) is 7.22. The summed E-state index contributed by atoms with van der Waals surface area (Å²) in [5.41, 5.74) is 0.814. The number of ether oxygens (including phenoxy) is 1. The van der Waals surface area contributed by atoms with Gasteiger partial charge in [0.15, 0.2) is 0 Å². The van der Waals surface area contributed by atoms with Crippen LogP contribution in [0.1, 0.15) is 31.7 Å². The van der Waals surface area contributed by atoms with Crippen molar-refractivity contribution in [1.29, 1.82) is 0 Å². The molecule has 0 saturated carbocycles. The molecule has 1 aliphatic heterocycles. The zero-order chi connectivity index (χ0) is 13.7. The SMILES string of the molecule is CNCC(Cc1ccccc1F)CC1CCC(C)O1. The standard InChI is InChI=1S/C16H24FNO/c1-12-7-8-15(19-12)10-13(11-18-2)9-14-5-3-4-6-16(14)17/h3-6,12-13,15,18H,7-11H2,1-2H3. The minimum absolute atomic E-state index is 0.0932. The Hall–Kier alpha value is -0.930. The minimum atomic E-state index is -0.0932.